The molecule has 104 valence electrons. The van der Waals surface area contributed by atoms with Crippen LogP contribution in [0.25, 0.3) is 0 Å². The fraction of sp³-hybridized carbons (Fsp3) is 0.533. The predicted octanol–water partition coefficient (Wildman–Crippen LogP) is 0.848. The van der Waals surface area contributed by atoms with E-state index in [4.69, 9.17) is 0 Å². The Labute approximate surface area is 114 Å². The number of carbonyl (C=O) groups is 1. The van der Waals surface area contributed by atoms with Gasteiger partial charge in [-0.3, -0.25) is 4.79 Å². The Kier molecular flexibility index (Phi) is 5.36. The summed E-state index contributed by atoms with van der Waals surface area (Å²) in [4.78, 5) is 11.7. The number of aliphatic hydroxyl groups is 1. The van der Waals surface area contributed by atoms with Gasteiger partial charge in [-0.2, -0.15) is 0 Å². The molecule has 19 heavy (non-hydrogen) atoms. The highest BCUT2D eigenvalue weighted by atomic mass is 16.3. The number of carbonyl (C=O) groups excluding carboxylic acids is 1. The molecular formula is C15H22N2O2. The maximum atomic E-state index is 11.7. The molecule has 1 atom stereocenters. The van der Waals surface area contributed by atoms with E-state index in [0.717, 1.165) is 12.1 Å². The number of benzene rings is 1. The summed E-state index contributed by atoms with van der Waals surface area (Å²) in [5.74, 6) is 0.00290. The minimum absolute atomic E-state index is 0.00290. The van der Waals surface area contributed by atoms with E-state index in [-0.39, 0.29) is 18.6 Å². The molecule has 4 nitrogen and oxygen atoms in total. The van der Waals surface area contributed by atoms with Gasteiger partial charge in [0, 0.05) is 19.0 Å². The van der Waals surface area contributed by atoms with E-state index in [0.29, 0.717) is 18.9 Å². The van der Waals surface area contributed by atoms with Gasteiger partial charge in [-0.15, -0.1) is 0 Å². The molecule has 0 aromatic heterocycles. The van der Waals surface area contributed by atoms with Crippen LogP contribution in [-0.4, -0.2) is 36.2 Å². The predicted molar refractivity (Wildman–Crippen MR) is 74.8 cm³/mol. The number of nitrogens with one attached hydrogen (secondary N) is 2. The lowest BCUT2D eigenvalue weighted by Gasteiger charge is -2.16. The number of amides is 1. The first kappa shape index (κ1) is 14.0. The van der Waals surface area contributed by atoms with Crippen molar-refractivity contribution >= 4 is 5.91 Å². The van der Waals surface area contributed by atoms with E-state index in [2.05, 4.69) is 10.6 Å². The molecule has 1 fully saturated rings. The maximum absolute atomic E-state index is 11.7. The molecule has 0 radical (unpaired) electrons. The molecule has 1 aromatic rings. The minimum Gasteiger partial charge on any atom is -0.394 e. The maximum Gasteiger partial charge on any atom is 0.221 e. The van der Waals surface area contributed by atoms with Gasteiger partial charge >= 0.3 is 0 Å². The lowest BCUT2D eigenvalue weighted by atomic mass is 10.1. The van der Waals surface area contributed by atoms with Crippen molar-refractivity contribution in [1.82, 2.24) is 10.6 Å². The molecule has 1 amide bonds. The van der Waals surface area contributed by atoms with Crippen molar-refractivity contribution in [3.63, 3.8) is 0 Å². The molecule has 1 unspecified atom stereocenters. The number of hydrogen-bond acceptors (Lipinski definition) is 3. The third-order valence-electron chi connectivity index (χ3n) is 3.27. The molecule has 2 rings (SSSR count). The van der Waals surface area contributed by atoms with Crippen LogP contribution in [-0.2, 0) is 11.2 Å². The van der Waals surface area contributed by atoms with Crippen LogP contribution in [0.15, 0.2) is 30.3 Å². The molecule has 0 aliphatic heterocycles. The van der Waals surface area contributed by atoms with Crippen molar-refractivity contribution in [1.29, 1.82) is 0 Å². The van der Waals surface area contributed by atoms with E-state index >= 15 is 0 Å². The van der Waals surface area contributed by atoms with Gasteiger partial charge in [0.05, 0.1) is 12.6 Å². The van der Waals surface area contributed by atoms with Crippen molar-refractivity contribution in [3.8, 4) is 0 Å². The first-order valence-electron chi connectivity index (χ1n) is 6.95. The molecular weight excluding hydrogens is 240 g/mol. The van der Waals surface area contributed by atoms with Crippen LogP contribution in [0.4, 0.5) is 0 Å². The van der Waals surface area contributed by atoms with Gasteiger partial charge < -0.3 is 15.7 Å². The Balaban J connectivity index is 1.69. The highest BCUT2D eigenvalue weighted by Crippen LogP contribution is 2.18. The molecule has 0 spiro atoms. The zero-order valence-electron chi connectivity index (χ0n) is 11.1. The van der Waals surface area contributed by atoms with E-state index in [9.17, 15) is 9.90 Å². The number of hydrogen-bond donors (Lipinski definition) is 3. The highest BCUT2D eigenvalue weighted by molar-refractivity contribution is 5.76. The summed E-state index contributed by atoms with van der Waals surface area (Å²) in [5.41, 5.74) is 1.12. The molecule has 0 heterocycles. The van der Waals surface area contributed by atoms with E-state index in [1.807, 2.05) is 30.3 Å². The quantitative estimate of drug-likeness (QED) is 0.651. The van der Waals surface area contributed by atoms with Crippen LogP contribution in [0.3, 0.4) is 0 Å². The topological polar surface area (TPSA) is 61.4 Å². The van der Waals surface area contributed by atoms with Crippen LogP contribution in [0, 0.1) is 0 Å². The summed E-state index contributed by atoms with van der Waals surface area (Å²) in [7, 11) is 0. The Morgan fingerprint density at radius 2 is 2.05 bits per heavy atom. The third kappa shape index (κ3) is 5.41. The fourth-order valence-corrected chi connectivity index (χ4v) is 2.04. The largest absolute Gasteiger partial charge is 0.394 e. The van der Waals surface area contributed by atoms with E-state index < -0.39 is 0 Å². The van der Waals surface area contributed by atoms with Crippen molar-refractivity contribution in [2.24, 2.45) is 0 Å². The number of aliphatic hydroxyl groups excluding tert-OH is 1. The van der Waals surface area contributed by atoms with Crippen LogP contribution in [0.5, 0.6) is 0 Å². The SMILES string of the molecule is O=C(CCNC1CC1)NC(CO)Cc1ccccc1. The third-order valence-corrected chi connectivity index (χ3v) is 3.27. The molecule has 1 aliphatic rings. The summed E-state index contributed by atoms with van der Waals surface area (Å²) in [6.07, 6.45) is 3.60. The fourth-order valence-electron chi connectivity index (χ4n) is 2.04. The minimum atomic E-state index is -0.198. The average Bonchev–Trinajstić information content (AvgIpc) is 3.23. The Hall–Kier alpha value is -1.39. The van der Waals surface area contributed by atoms with Crippen LogP contribution in [0.2, 0.25) is 0 Å². The van der Waals surface area contributed by atoms with Gasteiger partial charge in [-0.25, -0.2) is 0 Å². The van der Waals surface area contributed by atoms with Gasteiger partial charge in [-0.05, 0) is 24.8 Å². The molecule has 4 heteroatoms. The van der Waals surface area contributed by atoms with Crippen LogP contribution < -0.4 is 10.6 Å². The van der Waals surface area contributed by atoms with Gasteiger partial charge in [0.2, 0.25) is 5.91 Å². The summed E-state index contributed by atoms with van der Waals surface area (Å²) < 4.78 is 0. The van der Waals surface area contributed by atoms with E-state index in [1.54, 1.807) is 0 Å². The lowest BCUT2D eigenvalue weighted by Crippen LogP contribution is -2.40. The molecule has 1 saturated carbocycles. The van der Waals surface area contributed by atoms with Crippen molar-refractivity contribution in [2.75, 3.05) is 13.2 Å². The summed E-state index contributed by atoms with van der Waals surface area (Å²) >= 11 is 0. The first-order chi connectivity index (χ1) is 9.28. The van der Waals surface area contributed by atoms with Gasteiger partial charge in [0.1, 0.15) is 0 Å². The second-order valence-corrected chi connectivity index (χ2v) is 5.12. The molecule has 1 aliphatic carbocycles. The summed E-state index contributed by atoms with van der Waals surface area (Å²) in [5, 5.41) is 15.5. The smallest absolute Gasteiger partial charge is 0.221 e. The number of rotatable bonds is 8. The normalized spacial score (nSPS) is 16.1. The molecule has 3 N–H and O–H groups in total. The Morgan fingerprint density at radius 3 is 2.68 bits per heavy atom. The zero-order chi connectivity index (χ0) is 13.5. The average molecular weight is 262 g/mol. The summed E-state index contributed by atoms with van der Waals surface area (Å²) in [6.45, 7) is 0.691. The van der Waals surface area contributed by atoms with Crippen LogP contribution in [0.1, 0.15) is 24.8 Å². The molecule has 1 aromatic carbocycles. The highest BCUT2D eigenvalue weighted by Gasteiger charge is 2.20. The van der Waals surface area contributed by atoms with Gasteiger partial charge in [0.25, 0.3) is 0 Å². The molecule has 0 saturated heterocycles. The Morgan fingerprint density at radius 1 is 1.32 bits per heavy atom. The zero-order valence-corrected chi connectivity index (χ0v) is 11.1. The second kappa shape index (κ2) is 7.26. The second-order valence-electron chi connectivity index (χ2n) is 5.12. The van der Waals surface area contributed by atoms with Crippen molar-refractivity contribution in [3.05, 3.63) is 35.9 Å². The van der Waals surface area contributed by atoms with Gasteiger partial charge in [0.15, 0.2) is 0 Å². The monoisotopic (exact) mass is 262 g/mol. The molecule has 0 bridgehead atoms. The summed E-state index contributed by atoms with van der Waals surface area (Å²) in [6, 6.07) is 10.3. The van der Waals surface area contributed by atoms with E-state index in [1.165, 1.54) is 12.8 Å². The van der Waals surface area contributed by atoms with Gasteiger partial charge in [-0.1, -0.05) is 30.3 Å². The Bertz CT molecular complexity index is 390. The van der Waals surface area contributed by atoms with Crippen LogP contribution >= 0.6 is 0 Å². The van der Waals surface area contributed by atoms with Crippen molar-refractivity contribution in [2.45, 2.75) is 37.8 Å². The lowest BCUT2D eigenvalue weighted by molar-refractivity contribution is -0.122. The van der Waals surface area contributed by atoms with Crippen molar-refractivity contribution < 1.29 is 9.90 Å². The standard InChI is InChI=1S/C15H22N2O2/c18-11-14(10-12-4-2-1-3-5-12)17-15(19)8-9-16-13-6-7-13/h1-5,13-14,16,18H,6-11H2,(H,17,19). The first-order valence-corrected chi connectivity index (χ1v) is 6.95.